The van der Waals surface area contributed by atoms with Gasteiger partial charge in [-0.1, -0.05) is 11.6 Å². The van der Waals surface area contributed by atoms with Crippen molar-refractivity contribution in [1.29, 1.82) is 0 Å². The first-order chi connectivity index (χ1) is 10.9. The topological polar surface area (TPSA) is 57.8 Å². The zero-order valence-electron chi connectivity index (χ0n) is 11.9. The van der Waals surface area contributed by atoms with Crippen LogP contribution in [0, 0.1) is 0 Å². The van der Waals surface area contributed by atoms with Crippen molar-refractivity contribution in [1.82, 2.24) is 10.2 Å². The first kappa shape index (κ1) is 15.9. The van der Waals surface area contributed by atoms with Crippen LogP contribution in [-0.2, 0) is 19.0 Å². The Hall–Kier alpha value is -2.02. The SMILES string of the molecule is O=C(Nc1ccc(Cl)c(C(F)(F)F)c1)c1n[nH]c2c1CCCC2. The van der Waals surface area contributed by atoms with Crippen LogP contribution in [0.5, 0.6) is 0 Å². The van der Waals surface area contributed by atoms with Gasteiger partial charge in [0.25, 0.3) is 5.91 Å². The van der Waals surface area contributed by atoms with Crippen LogP contribution in [0.15, 0.2) is 18.2 Å². The van der Waals surface area contributed by atoms with Gasteiger partial charge in [-0.15, -0.1) is 0 Å². The summed E-state index contributed by atoms with van der Waals surface area (Å²) in [6, 6.07) is 3.26. The number of benzene rings is 1. The summed E-state index contributed by atoms with van der Waals surface area (Å²) in [5.74, 6) is -0.528. The number of fused-ring (bicyclic) bond motifs is 1. The van der Waals surface area contributed by atoms with Crippen LogP contribution in [0.3, 0.4) is 0 Å². The van der Waals surface area contributed by atoms with Crippen molar-refractivity contribution >= 4 is 23.2 Å². The number of nitrogens with zero attached hydrogens (tertiary/aromatic N) is 1. The number of aryl methyl sites for hydroxylation is 1. The highest BCUT2D eigenvalue weighted by molar-refractivity contribution is 6.31. The second-order valence-corrected chi connectivity index (χ2v) is 5.79. The summed E-state index contributed by atoms with van der Waals surface area (Å²) >= 11 is 5.56. The highest BCUT2D eigenvalue weighted by Gasteiger charge is 2.33. The Balaban J connectivity index is 1.85. The van der Waals surface area contributed by atoms with Crippen molar-refractivity contribution in [2.75, 3.05) is 5.32 Å². The van der Waals surface area contributed by atoms with E-state index in [1.54, 1.807) is 0 Å². The summed E-state index contributed by atoms with van der Waals surface area (Å²) in [6.45, 7) is 0. The number of carbonyl (C=O) groups is 1. The van der Waals surface area contributed by atoms with E-state index in [0.29, 0.717) is 0 Å². The van der Waals surface area contributed by atoms with Gasteiger partial charge in [0.2, 0.25) is 0 Å². The van der Waals surface area contributed by atoms with Crippen LogP contribution >= 0.6 is 11.6 Å². The fourth-order valence-electron chi connectivity index (χ4n) is 2.68. The molecule has 1 aromatic heterocycles. The Bertz CT molecular complexity index is 755. The zero-order chi connectivity index (χ0) is 16.6. The van der Waals surface area contributed by atoms with Crippen molar-refractivity contribution in [3.8, 4) is 0 Å². The molecule has 1 heterocycles. The Morgan fingerprint density at radius 2 is 2.00 bits per heavy atom. The molecule has 0 saturated heterocycles. The monoisotopic (exact) mass is 343 g/mol. The minimum absolute atomic E-state index is 0.0271. The number of aromatic nitrogens is 2. The number of anilines is 1. The third kappa shape index (κ3) is 3.19. The van der Waals surface area contributed by atoms with Crippen LogP contribution in [0.1, 0.15) is 40.2 Å². The zero-order valence-corrected chi connectivity index (χ0v) is 12.7. The van der Waals surface area contributed by atoms with Gasteiger partial charge in [0.05, 0.1) is 10.6 Å². The fraction of sp³-hybridized carbons (Fsp3) is 0.333. The van der Waals surface area contributed by atoms with Gasteiger partial charge in [0, 0.05) is 16.9 Å². The molecule has 23 heavy (non-hydrogen) atoms. The molecule has 2 aromatic rings. The molecule has 0 aliphatic heterocycles. The number of aromatic amines is 1. The lowest BCUT2D eigenvalue weighted by molar-refractivity contribution is -0.137. The molecular formula is C15H13ClF3N3O. The lowest BCUT2D eigenvalue weighted by Crippen LogP contribution is -2.16. The third-order valence-corrected chi connectivity index (χ3v) is 4.13. The highest BCUT2D eigenvalue weighted by Crippen LogP contribution is 2.36. The number of hydrogen-bond donors (Lipinski definition) is 2. The average Bonchev–Trinajstić information content (AvgIpc) is 2.92. The lowest BCUT2D eigenvalue weighted by Gasteiger charge is -2.13. The summed E-state index contributed by atoms with van der Waals surface area (Å²) in [7, 11) is 0. The Morgan fingerprint density at radius 1 is 1.26 bits per heavy atom. The second kappa shape index (κ2) is 5.88. The molecule has 0 saturated carbocycles. The van der Waals surface area contributed by atoms with Crippen LogP contribution in [0.2, 0.25) is 5.02 Å². The lowest BCUT2D eigenvalue weighted by atomic mass is 9.96. The molecule has 3 rings (SSSR count). The maximum Gasteiger partial charge on any atom is 0.417 e. The van der Waals surface area contributed by atoms with Gasteiger partial charge in [0.1, 0.15) is 0 Å². The summed E-state index contributed by atoms with van der Waals surface area (Å²) in [6.07, 6.45) is -1.02. The largest absolute Gasteiger partial charge is 0.417 e. The summed E-state index contributed by atoms with van der Waals surface area (Å²) in [4.78, 5) is 12.3. The highest BCUT2D eigenvalue weighted by atomic mass is 35.5. The van der Waals surface area contributed by atoms with Crippen LogP contribution in [0.4, 0.5) is 18.9 Å². The smallest absolute Gasteiger partial charge is 0.321 e. The number of rotatable bonds is 2. The van der Waals surface area contributed by atoms with Crippen molar-refractivity contribution < 1.29 is 18.0 Å². The third-order valence-electron chi connectivity index (χ3n) is 3.80. The van der Waals surface area contributed by atoms with Crippen molar-refractivity contribution in [3.63, 3.8) is 0 Å². The first-order valence-corrected chi connectivity index (χ1v) is 7.48. The molecule has 0 atom stereocenters. The average molecular weight is 344 g/mol. The Labute approximate surface area is 135 Å². The summed E-state index contributed by atoms with van der Waals surface area (Å²) in [5.41, 5.74) is 1.05. The van der Waals surface area contributed by atoms with Crippen molar-refractivity contribution in [3.05, 3.63) is 45.7 Å². The van der Waals surface area contributed by atoms with E-state index in [-0.39, 0.29) is 11.4 Å². The maximum atomic E-state index is 12.9. The van der Waals surface area contributed by atoms with E-state index in [0.717, 1.165) is 49.1 Å². The Morgan fingerprint density at radius 3 is 2.74 bits per heavy atom. The molecule has 1 aliphatic carbocycles. The standard InChI is InChI=1S/C15H13ClF3N3O/c16-11-6-5-8(7-10(11)15(17,18)19)20-14(23)13-9-3-1-2-4-12(9)21-22-13/h5-7H,1-4H2,(H,20,23)(H,21,22). The van der Waals surface area contributed by atoms with Crippen LogP contribution < -0.4 is 5.32 Å². The number of amides is 1. The number of carbonyl (C=O) groups excluding carboxylic acids is 1. The Kier molecular flexibility index (Phi) is 4.06. The van der Waals surface area contributed by atoms with Crippen molar-refractivity contribution in [2.24, 2.45) is 0 Å². The molecule has 0 radical (unpaired) electrons. The van der Waals surface area contributed by atoms with E-state index in [2.05, 4.69) is 15.5 Å². The van der Waals surface area contributed by atoms with Gasteiger partial charge in [-0.2, -0.15) is 18.3 Å². The normalized spacial score (nSPS) is 14.4. The molecule has 0 spiro atoms. The number of alkyl halides is 3. The first-order valence-electron chi connectivity index (χ1n) is 7.10. The van der Waals surface area contributed by atoms with Crippen molar-refractivity contribution in [2.45, 2.75) is 31.9 Å². The number of H-pyrrole nitrogens is 1. The van der Waals surface area contributed by atoms with Gasteiger partial charge >= 0.3 is 6.18 Å². The predicted molar refractivity (Wildman–Crippen MR) is 79.6 cm³/mol. The summed E-state index contributed by atoms with van der Waals surface area (Å²) in [5, 5.41) is 8.87. The molecule has 4 nitrogen and oxygen atoms in total. The number of nitrogens with one attached hydrogen (secondary N) is 2. The maximum absolute atomic E-state index is 12.9. The molecule has 122 valence electrons. The minimum atomic E-state index is -4.58. The quantitative estimate of drug-likeness (QED) is 0.858. The van der Waals surface area contributed by atoms with Gasteiger partial charge in [-0.3, -0.25) is 9.89 Å². The summed E-state index contributed by atoms with van der Waals surface area (Å²) < 4.78 is 38.6. The molecule has 0 fully saturated rings. The molecule has 1 amide bonds. The number of hydrogen-bond acceptors (Lipinski definition) is 2. The fourth-order valence-corrected chi connectivity index (χ4v) is 2.90. The molecule has 1 aromatic carbocycles. The molecular weight excluding hydrogens is 331 g/mol. The van der Waals surface area contributed by atoms with Gasteiger partial charge in [-0.05, 0) is 43.9 Å². The van der Waals surface area contributed by atoms with E-state index in [9.17, 15) is 18.0 Å². The molecule has 8 heteroatoms. The van der Waals surface area contributed by atoms with Crippen LogP contribution in [0.25, 0.3) is 0 Å². The molecule has 0 bridgehead atoms. The molecule has 1 aliphatic rings. The van der Waals surface area contributed by atoms with Gasteiger partial charge in [-0.25, -0.2) is 0 Å². The number of halogens is 4. The van der Waals surface area contributed by atoms with Gasteiger partial charge in [0.15, 0.2) is 5.69 Å². The second-order valence-electron chi connectivity index (χ2n) is 5.38. The van der Waals surface area contributed by atoms with E-state index < -0.39 is 22.7 Å². The van der Waals surface area contributed by atoms with Crippen LogP contribution in [-0.4, -0.2) is 16.1 Å². The molecule has 2 N–H and O–H groups in total. The van der Waals surface area contributed by atoms with E-state index in [4.69, 9.17) is 11.6 Å². The van der Waals surface area contributed by atoms with E-state index >= 15 is 0 Å². The van der Waals surface area contributed by atoms with Gasteiger partial charge < -0.3 is 5.32 Å². The van der Waals surface area contributed by atoms with E-state index in [1.807, 2.05) is 0 Å². The van der Waals surface area contributed by atoms with E-state index in [1.165, 1.54) is 6.07 Å². The predicted octanol–water partition coefficient (Wildman–Crippen LogP) is 4.21. The molecule has 0 unspecified atom stereocenters. The minimum Gasteiger partial charge on any atom is -0.321 e.